The van der Waals surface area contributed by atoms with E-state index in [4.69, 9.17) is 9.97 Å². The van der Waals surface area contributed by atoms with Crippen LogP contribution in [0.3, 0.4) is 0 Å². The van der Waals surface area contributed by atoms with Crippen LogP contribution < -0.4 is 10.6 Å². The second-order valence-electron chi connectivity index (χ2n) is 8.86. The van der Waals surface area contributed by atoms with E-state index in [1.54, 1.807) is 11.3 Å². The van der Waals surface area contributed by atoms with Gasteiger partial charge in [0, 0.05) is 23.7 Å². The average molecular weight is 452 g/mol. The summed E-state index contributed by atoms with van der Waals surface area (Å²) in [6.45, 7) is 2.04. The predicted molar refractivity (Wildman–Crippen MR) is 128 cm³/mol. The quantitative estimate of drug-likeness (QED) is 0.465. The van der Waals surface area contributed by atoms with Gasteiger partial charge in [0.1, 0.15) is 5.82 Å². The number of aromatic nitrogens is 3. The van der Waals surface area contributed by atoms with Gasteiger partial charge in [0.2, 0.25) is 5.95 Å². The van der Waals surface area contributed by atoms with Crippen molar-refractivity contribution < 1.29 is 4.39 Å². The zero-order valence-electron chi connectivity index (χ0n) is 18.3. The number of halogens is 1. The van der Waals surface area contributed by atoms with Crippen molar-refractivity contribution in [3.63, 3.8) is 0 Å². The molecule has 0 atom stereocenters. The van der Waals surface area contributed by atoms with Crippen molar-refractivity contribution in [2.24, 2.45) is 0 Å². The van der Waals surface area contributed by atoms with Crippen molar-refractivity contribution in [1.29, 1.82) is 0 Å². The average Bonchev–Trinajstić information content (AvgIpc) is 3.12. The van der Waals surface area contributed by atoms with E-state index in [0.717, 1.165) is 52.8 Å². The van der Waals surface area contributed by atoms with E-state index in [0.29, 0.717) is 17.9 Å². The maximum absolute atomic E-state index is 13.6. The van der Waals surface area contributed by atoms with Crippen LogP contribution in [0.1, 0.15) is 62.3 Å². The number of piperidine rings is 1. The number of hydrogen-bond acceptors (Lipinski definition) is 6. The number of benzene rings is 1. The molecule has 2 aliphatic rings. The minimum absolute atomic E-state index is 0.235. The van der Waals surface area contributed by atoms with Gasteiger partial charge < -0.3 is 10.6 Å². The van der Waals surface area contributed by atoms with E-state index >= 15 is 0 Å². The van der Waals surface area contributed by atoms with Gasteiger partial charge in [-0.2, -0.15) is 0 Å². The summed E-state index contributed by atoms with van der Waals surface area (Å²) in [5, 5.41) is 8.16. The molecule has 1 saturated carbocycles. The van der Waals surface area contributed by atoms with Crippen LogP contribution in [-0.2, 0) is 0 Å². The molecule has 2 aromatic heterocycles. The lowest BCUT2D eigenvalue weighted by Gasteiger charge is -2.20. The fourth-order valence-corrected chi connectivity index (χ4v) is 5.95. The number of nitrogens with one attached hydrogen (secondary N) is 2. The Morgan fingerprint density at radius 1 is 0.906 bits per heavy atom. The van der Waals surface area contributed by atoms with Crippen LogP contribution in [-0.4, -0.2) is 34.1 Å². The largest absolute Gasteiger partial charge is 0.351 e. The molecule has 3 aromatic rings. The highest BCUT2D eigenvalue weighted by Crippen LogP contribution is 2.40. The van der Waals surface area contributed by atoms with E-state index in [1.807, 2.05) is 24.4 Å². The lowest BCUT2D eigenvalue weighted by Crippen LogP contribution is -2.26. The van der Waals surface area contributed by atoms with Crippen molar-refractivity contribution in [2.75, 3.05) is 18.4 Å². The first-order valence-electron chi connectivity index (χ1n) is 11.8. The standard InChI is InChI=1S/C25H30FN5S/c26-19-9-7-17(8-10-19)22-23(32-24(31-22)18-11-14-27-15-12-18)21-13-16-28-25(30-21)29-20-5-3-1-2-4-6-20/h7-10,13,16,18,20,27H,1-6,11-12,14-15H2,(H,28,29,30). The van der Waals surface area contributed by atoms with Gasteiger partial charge in [-0.15, -0.1) is 11.3 Å². The second kappa shape index (κ2) is 10.0. The molecular formula is C25H30FN5S. The van der Waals surface area contributed by atoms with Gasteiger partial charge in [0.05, 0.1) is 21.3 Å². The fraction of sp³-hybridized carbons (Fsp3) is 0.480. The van der Waals surface area contributed by atoms with E-state index < -0.39 is 0 Å². The Morgan fingerprint density at radius 2 is 1.66 bits per heavy atom. The minimum atomic E-state index is -0.235. The third-order valence-corrected chi connectivity index (χ3v) is 7.77. The lowest BCUT2D eigenvalue weighted by atomic mass is 9.99. The van der Waals surface area contributed by atoms with Crippen LogP contribution in [0.4, 0.5) is 10.3 Å². The summed E-state index contributed by atoms with van der Waals surface area (Å²) in [4.78, 5) is 15.5. The van der Waals surface area contributed by atoms with Crippen LogP contribution in [0.15, 0.2) is 36.5 Å². The molecule has 32 heavy (non-hydrogen) atoms. The van der Waals surface area contributed by atoms with E-state index in [1.165, 1.54) is 50.7 Å². The summed E-state index contributed by atoms with van der Waals surface area (Å²) in [6, 6.07) is 9.03. The first kappa shape index (κ1) is 21.5. The van der Waals surface area contributed by atoms with Crippen molar-refractivity contribution in [3.8, 4) is 21.8 Å². The van der Waals surface area contributed by atoms with Crippen LogP contribution in [0.25, 0.3) is 21.8 Å². The van der Waals surface area contributed by atoms with Crippen molar-refractivity contribution in [1.82, 2.24) is 20.3 Å². The monoisotopic (exact) mass is 451 g/mol. The van der Waals surface area contributed by atoms with Gasteiger partial charge in [0.25, 0.3) is 0 Å². The smallest absolute Gasteiger partial charge is 0.223 e. The Hall–Kier alpha value is -2.38. The maximum atomic E-state index is 13.6. The normalized spacial score (nSPS) is 18.4. The topological polar surface area (TPSA) is 62.7 Å². The molecule has 0 unspecified atom stereocenters. The Morgan fingerprint density at radius 3 is 2.41 bits per heavy atom. The first-order chi connectivity index (χ1) is 15.8. The number of hydrogen-bond donors (Lipinski definition) is 2. The zero-order chi connectivity index (χ0) is 21.8. The molecule has 0 radical (unpaired) electrons. The molecule has 1 aliphatic carbocycles. The zero-order valence-corrected chi connectivity index (χ0v) is 19.1. The molecule has 0 spiro atoms. The third kappa shape index (κ3) is 4.99. The Bertz CT molecular complexity index is 1020. The number of rotatable bonds is 5. The Kier molecular flexibility index (Phi) is 6.74. The highest BCUT2D eigenvalue weighted by molar-refractivity contribution is 7.15. The van der Waals surface area contributed by atoms with E-state index in [9.17, 15) is 4.39 Å². The van der Waals surface area contributed by atoms with E-state index in [-0.39, 0.29) is 5.82 Å². The maximum Gasteiger partial charge on any atom is 0.223 e. The van der Waals surface area contributed by atoms with Gasteiger partial charge >= 0.3 is 0 Å². The summed E-state index contributed by atoms with van der Waals surface area (Å²) in [5.74, 6) is 0.914. The van der Waals surface area contributed by atoms with Crippen LogP contribution in [0.2, 0.25) is 0 Å². The van der Waals surface area contributed by atoms with Crippen molar-refractivity contribution in [2.45, 2.75) is 63.3 Å². The lowest BCUT2D eigenvalue weighted by molar-refractivity contribution is 0.459. The van der Waals surface area contributed by atoms with Crippen molar-refractivity contribution in [3.05, 3.63) is 47.4 Å². The summed E-state index contributed by atoms with van der Waals surface area (Å²) < 4.78 is 13.6. The molecule has 0 amide bonds. The molecule has 0 bridgehead atoms. The highest BCUT2D eigenvalue weighted by Gasteiger charge is 2.24. The van der Waals surface area contributed by atoms with Crippen LogP contribution in [0.5, 0.6) is 0 Å². The highest BCUT2D eigenvalue weighted by atomic mass is 32.1. The first-order valence-corrected chi connectivity index (χ1v) is 12.7. The second-order valence-corrected chi connectivity index (χ2v) is 9.89. The van der Waals surface area contributed by atoms with Gasteiger partial charge in [0.15, 0.2) is 0 Å². The van der Waals surface area contributed by atoms with Crippen LogP contribution in [0, 0.1) is 5.82 Å². The Labute approximate surface area is 192 Å². The SMILES string of the molecule is Fc1ccc(-c2nc(C3CCNCC3)sc2-c2ccnc(NC3CCCCCC3)n2)cc1. The molecule has 2 fully saturated rings. The molecule has 3 heterocycles. The number of thiazole rings is 1. The summed E-state index contributed by atoms with van der Waals surface area (Å²) >= 11 is 1.73. The Balaban J connectivity index is 1.48. The molecule has 2 N–H and O–H groups in total. The minimum Gasteiger partial charge on any atom is -0.351 e. The molecule has 7 heteroatoms. The third-order valence-electron chi connectivity index (χ3n) is 6.53. The predicted octanol–water partition coefficient (Wildman–Crippen LogP) is 6.01. The van der Waals surface area contributed by atoms with E-state index in [2.05, 4.69) is 15.6 Å². The molecular weight excluding hydrogens is 421 g/mol. The molecule has 1 aliphatic heterocycles. The molecule has 168 valence electrons. The van der Waals surface area contributed by atoms with Gasteiger partial charge in [-0.25, -0.2) is 19.3 Å². The number of nitrogens with zero attached hydrogens (tertiary/aromatic N) is 3. The molecule has 1 saturated heterocycles. The summed E-state index contributed by atoms with van der Waals surface area (Å²) in [5.41, 5.74) is 2.70. The summed E-state index contributed by atoms with van der Waals surface area (Å²) in [6.07, 6.45) is 11.5. The molecule has 1 aromatic carbocycles. The fourth-order valence-electron chi connectivity index (χ4n) is 4.72. The van der Waals surface area contributed by atoms with Crippen LogP contribution >= 0.6 is 11.3 Å². The van der Waals surface area contributed by atoms with Gasteiger partial charge in [-0.05, 0) is 69.1 Å². The number of anilines is 1. The molecule has 5 rings (SSSR count). The van der Waals surface area contributed by atoms with Crippen molar-refractivity contribution >= 4 is 17.3 Å². The van der Waals surface area contributed by atoms with Gasteiger partial charge in [-0.3, -0.25) is 0 Å². The molecule has 5 nitrogen and oxygen atoms in total. The van der Waals surface area contributed by atoms with Gasteiger partial charge in [-0.1, -0.05) is 25.7 Å². The summed E-state index contributed by atoms with van der Waals surface area (Å²) in [7, 11) is 0.